The van der Waals surface area contributed by atoms with E-state index in [9.17, 15) is 4.79 Å². The number of hydrogen-bond acceptors (Lipinski definition) is 3. The molecule has 0 radical (unpaired) electrons. The third-order valence-electron chi connectivity index (χ3n) is 1.28. The van der Waals surface area contributed by atoms with Crippen LogP contribution in [-0.4, -0.2) is 17.6 Å². The van der Waals surface area contributed by atoms with Gasteiger partial charge in [-0.15, -0.1) is 0 Å². The number of hydrogen-bond donors (Lipinski definition) is 0. The summed E-state index contributed by atoms with van der Waals surface area (Å²) in [5.74, 6) is 0. The summed E-state index contributed by atoms with van der Waals surface area (Å²) in [5, 5.41) is 0. The molecular formula is C9H8N2O. The predicted molar refractivity (Wildman–Crippen MR) is 46.3 cm³/mol. The van der Waals surface area contributed by atoms with Crippen LogP contribution in [0.5, 0.6) is 0 Å². The maximum absolute atomic E-state index is 9.68. The minimum Gasteiger partial charge on any atom is -0.265 e. The van der Waals surface area contributed by atoms with Crippen molar-refractivity contribution >= 4 is 12.2 Å². The second-order valence-electron chi connectivity index (χ2n) is 2.11. The molecule has 0 saturated heterocycles. The molecule has 1 heterocycles. The molecule has 3 nitrogen and oxygen atoms in total. The first-order chi connectivity index (χ1) is 5.93. The van der Waals surface area contributed by atoms with Crippen molar-refractivity contribution in [2.75, 3.05) is 6.54 Å². The second-order valence-corrected chi connectivity index (χ2v) is 2.11. The van der Waals surface area contributed by atoms with E-state index in [1.165, 1.54) is 6.08 Å². The average molecular weight is 160 g/mol. The van der Waals surface area contributed by atoms with Crippen molar-refractivity contribution in [3.63, 3.8) is 0 Å². The van der Waals surface area contributed by atoms with Crippen molar-refractivity contribution < 1.29 is 4.79 Å². The zero-order valence-electron chi connectivity index (χ0n) is 6.47. The standard InChI is InChI=1S/C9H8N2O/c12-8-11-5-1-2-9-3-6-10-7-4-9/h1-4,6-7H,5H2. The Hall–Kier alpha value is -1.73. The van der Waals surface area contributed by atoms with E-state index >= 15 is 0 Å². The van der Waals surface area contributed by atoms with Gasteiger partial charge in [0.2, 0.25) is 6.08 Å². The zero-order chi connectivity index (χ0) is 8.65. The van der Waals surface area contributed by atoms with Gasteiger partial charge in [0.1, 0.15) is 0 Å². The average Bonchev–Trinajstić information content (AvgIpc) is 2.14. The zero-order valence-corrected chi connectivity index (χ0v) is 6.47. The van der Waals surface area contributed by atoms with E-state index < -0.39 is 0 Å². The van der Waals surface area contributed by atoms with Crippen LogP contribution in [-0.2, 0) is 4.79 Å². The molecule has 0 amide bonds. The minimum absolute atomic E-state index is 0.381. The molecule has 1 aromatic rings. The third-order valence-corrected chi connectivity index (χ3v) is 1.28. The molecule has 0 aliphatic heterocycles. The Bertz CT molecular complexity index is 300. The van der Waals surface area contributed by atoms with E-state index in [0.717, 1.165) is 5.56 Å². The number of nitrogens with zero attached hydrogens (tertiary/aromatic N) is 2. The maximum atomic E-state index is 9.68. The lowest BCUT2D eigenvalue weighted by molar-refractivity contribution is 0.564. The number of carbonyl (C=O) groups excluding carboxylic acids is 1. The SMILES string of the molecule is O=C=NCC=Cc1ccncc1. The van der Waals surface area contributed by atoms with Crippen LogP contribution >= 0.6 is 0 Å². The number of isocyanates is 1. The Labute approximate surface area is 70.5 Å². The summed E-state index contributed by atoms with van der Waals surface area (Å²) in [4.78, 5) is 16.9. The number of aliphatic imine (C=N–C) groups is 1. The van der Waals surface area contributed by atoms with Gasteiger partial charge in [-0.2, -0.15) is 0 Å². The van der Waals surface area contributed by atoms with Gasteiger partial charge < -0.3 is 0 Å². The van der Waals surface area contributed by atoms with Crippen LogP contribution in [0.2, 0.25) is 0 Å². The summed E-state index contributed by atoms with van der Waals surface area (Å²) < 4.78 is 0. The fourth-order valence-corrected chi connectivity index (χ4v) is 0.753. The molecule has 60 valence electrons. The van der Waals surface area contributed by atoms with Gasteiger partial charge in [-0.25, -0.2) is 9.79 Å². The molecule has 12 heavy (non-hydrogen) atoms. The molecule has 0 unspecified atom stereocenters. The quantitative estimate of drug-likeness (QED) is 0.495. The van der Waals surface area contributed by atoms with Gasteiger partial charge in [0.15, 0.2) is 0 Å². The fraction of sp³-hybridized carbons (Fsp3) is 0.111. The molecule has 0 aliphatic carbocycles. The Morgan fingerprint density at radius 1 is 1.50 bits per heavy atom. The Kier molecular flexibility index (Phi) is 3.48. The molecule has 0 saturated carbocycles. The van der Waals surface area contributed by atoms with Crippen molar-refractivity contribution in [1.29, 1.82) is 0 Å². The molecule has 1 rings (SSSR count). The highest BCUT2D eigenvalue weighted by Gasteiger charge is 1.81. The molecule has 0 atom stereocenters. The van der Waals surface area contributed by atoms with Crippen molar-refractivity contribution in [1.82, 2.24) is 4.98 Å². The Morgan fingerprint density at radius 3 is 2.92 bits per heavy atom. The highest BCUT2D eigenvalue weighted by Crippen LogP contribution is 1.98. The normalized spacial score (nSPS) is 9.67. The minimum atomic E-state index is 0.381. The van der Waals surface area contributed by atoms with Crippen LogP contribution in [0.3, 0.4) is 0 Å². The Morgan fingerprint density at radius 2 is 2.25 bits per heavy atom. The van der Waals surface area contributed by atoms with Gasteiger partial charge in [-0.3, -0.25) is 4.98 Å². The molecule has 0 N–H and O–H groups in total. The largest absolute Gasteiger partial charge is 0.265 e. The number of pyridine rings is 1. The van der Waals surface area contributed by atoms with E-state index in [-0.39, 0.29) is 0 Å². The lowest BCUT2D eigenvalue weighted by atomic mass is 10.2. The third kappa shape index (κ3) is 2.90. The van der Waals surface area contributed by atoms with Gasteiger partial charge in [0, 0.05) is 12.4 Å². The topological polar surface area (TPSA) is 42.3 Å². The van der Waals surface area contributed by atoms with Crippen LogP contribution < -0.4 is 0 Å². The number of aromatic nitrogens is 1. The highest BCUT2D eigenvalue weighted by atomic mass is 16.1. The monoisotopic (exact) mass is 160 g/mol. The van der Waals surface area contributed by atoms with Gasteiger partial charge in [-0.1, -0.05) is 12.2 Å². The van der Waals surface area contributed by atoms with Gasteiger partial charge >= 0.3 is 0 Å². The van der Waals surface area contributed by atoms with Gasteiger partial charge in [0.05, 0.1) is 6.54 Å². The summed E-state index contributed by atoms with van der Waals surface area (Å²) >= 11 is 0. The Balaban J connectivity index is 2.52. The lowest BCUT2D eigenvalue weighted by Crippen LogP contribution is -1.74. The predicted octanol–water partition coefficient (Wildman–Crippen LogP) is 1.43. The highest BCUT2D eigenvalue weighted by molar-refractivity contribution is 5.48. The molecule has 0 fully saturated rings. The summed E-state index contributed by atoms with van der Waals surface area (Å²) in [6.45, 7) is 0.381. The van der Waals surface area contributed by atoms with Gasteiger partial charge in [-0.05, 0) is 17.7 Å². The van der Waals surface area contributed by atoms with Crippen molar-refractivity contribution in [2.45, 2.75) is 0 Å². The van der Waals surface area contributed by atoms with Gasteiger partial charge in [0.25, 0.3) is 0 Å². The summed E-state index contributed by atoms with van der Waals surface area (Å²) in [6, 6.07) is 3.75. The molecular weight excluding hydrogens is 152 g/mol. The molecule has 0 bridgehead atoms. The van der Waals surface area contributed by atoms with Crippen LogP contribution in [0, 0.1) is 0 Å². The molecule has 0 spiro atoms. The van der Waals surface area contributed by atoms with Crippen molar-refractivity contribution in [2.24, 2.45) is 4.99 Å². The van der Waals surface area contributed by atoms with E-state index in [1.54, 1.807) is 18.5 Å². The van der Waals surface area contributed by atoms with Crippen LogP contribution in [0.4, 0.5) is 0 Å². The smallest absolute Gasteiger partial charge is 0.235 e. The summed E-state index contributed by atoms with van der Waals surface area (Å²) in [6.07, 6.45) is 8.56. The van der Waals surface area contributed by atoms with Crippen molar-refractivity contribution in [3.8, 4) is 0 Å². The first-order valence-electron chi connectivity index (χ1n) is 3.53. The number of rotatable bonds is 3. The van der Waals surface area contributed by atoms with E-state index in [2.05, 4.69) is 9.98 Å². The molecule has 1 aromatic heterocycles. The van der Waals surface area contributed by atoms with Crippen molar-refractivity contribution in [3.05, 3.63) is 36.2 Å². The summed E-state index contributed by atoms with van der Waals surface area (Å²) in [7, 11) is 0. The van der Waals surface area contributed by atoms with E-state index in [4.69, 9.17) is 0 Å². The fourth-order valence-electron chi connectivity index (χ4n) is 0.753. The summed E-state index contributed by atoms with van der Waals surface area (Å²) in [5.41, 5.74) is 1.05. The first-order valence-corrected chi connectivity index (χ1v) is 3.53. The lowest BCUT2D eigenvalue weighted by Gasteiger charge is -1.87. The van der Waals surface area contributed by atoms with E-state index in [1.807, 2.05) is 18.2 Å². The van der Waals surface area contributed by atoms with Crippen LogP contribution in [0.25, 0.3) is 6.08 Å². The van der Waals surface area contributed by atoms with E-state index in [0.29, 0.717) is 6.54 Å². The molecule has 0 aliphatic rings. The van der Waals surface area contributed by atoms with Crippen LogP contribution in [0.15, 0.2) is 35.6 Å². The molecule has 0 aromatic carbocycles. The molecule has 3 heteroatoms. The first kappa shape index (κ1) is 8.37. The van der Waals surface area contributed by atoms with Crippen LogP contribution in [0.1, 0.15) is 5.56 Å². The maximum Gasteiger partial charge on any atom is 0.235 e. The second kappa shape index (κ2) is 4.99.